The van der Waals surface area contributed by atoms with Crippen LogP contribution in [0.25, 0.3) is 0 Å². The van der Waals surface area contributed by atoms with Crippen LogP contribution in [0.5, 0.6) is 0 Å². The van der Waals surface area contributed by atoms with Crippen LogP contribution < -0.4 is 10.2 Å². The summed E-state index contributed by atoms with van der Waals surface area (Å²) in [6, 6.07) is 6.89. The second kappa shape index (κ2) is 5.58. The average Bonchev–Trinajstić information content (AvgIpc) is 2.63. The highest BCUT2D eigenvalue weighted by Crippen LogP contribution is 2.36. The van der Waals surface area contributed by atoms with Crippen LogP contribution in [0.4, 0.5) is 0 Å². The minimum absolute atomic E-state index is 0.0699. The van der Waals surface area contributed by atoms with Gasteiger partial charge in [-0.25, -0.2) is 13.1 Å². The van der Waals surface area contributed by atoms with Gasteiger partial charge in [0, 0.05) is 6.04 Å². The summed E-state index contributed by atoms with van der Waals surface area (Å²) in [6.07, 6.45) is 2.91. The van der Waals surface area contributed by atoms with Crippen molar-refractivity contribution in [2.45, 2.75) is 69.1 Å². The summed E-state index contributed by atoms with van der Waals surface area (Å²) in [5, 5.41) is 0. The molecule has 0 spiro atoms. The fraction of sp³-hybridized carbons (Fsp3) is 0.625. The van der Waals surface area contributed by atoms with Crippen molar-refractivity contribution in [3.05, 3.63) is 24.3 Å². The van der Waals surface area contributed by atoms with E-state index in [1.54, 1.807) is 18.2 Å². The van der Waals surface area contributed by atoms with Gasteiger partial charge in [-0.2, -0.15) is 0 Å². The van der Waals surface area contributed by atoms with E-state index in [2.05, 4.69) is 4.72 Å². The first-order valence-electron chi connectivity index (χ1n) is 8.09. The van der Waals surface area contributed by atoms with Crippen LogP contribution >= 0.6 is 0 Å². The van der Waals surface area contributed by atoms with E-state index in [-0.39, 0.29) is 10.9 Å². The van der Waals surface area contributed by atoms with Crippen molar-refractivity contribution in [1.82, 2.24) is 4.72 Å². The summed E-state index contributed by atoms with van der Waals surface area (Å²) in [7, 11) is -4.05. The van der Waals surface area contributed by atoms with Gasteiger partial charge in [0.2, 0.25) is 10.0 Å². The molecular formula is C16H24BNO4S. The Balaban J connectivity index is 1.83. The molecule has 1 aliphatic carbocycles. The van der Waals surface area contributed by atoms with E-state index < -0.39 is 28.3 Å². The molecule has 0 bridgehead atoms. The number of benzene rings is 1. The molecular weight excluding hydrogens is 313 g/mol. The zero-order valence-corrected chi connectivity index (χ0v) is 14.9. The number of nitrogens with one attached hydrogen (secondary N) is 1. The average molecular weight is 337 g/mol. The van der Waals surface area contributed by atoms with Crippen LogP contribution in [-0.4, -0.2) is 32.8 Å². The Morgan fingerprint density at radius 2 is 1.74 bits per heavy atom. The summed E-state index contributed by atoms with van der Waals surface area (Å²) in [5.74, 6) is 0. The van der Waals surface area contributed by atoms with Crippen LogP contribution in [0.15, 0.2) is 29.2 Å². The fourth-order valence-corrected chi connectivity index (χ4v) is 3.98. The molecule has 1 saturated heterocycles. The summed E-state index contributed by atoms with van der Waals surface area (Å²) in [4.78, 5) is 0.261. The van der Waals surface area contributed by atoms with Gasteiger partial charge in [0.05, 0.1) is 16.1 Å². The standard InChI is InChI=1S/C16H24BNO4S/c1-15(2)16(3,4)22-17(21-15)12-7-5-10-14(11-12)23(19,20)18-13-8-6-9-13/h5,7,10-11,13,18H,6,8-9H2,1-4H3. The summed E-state index contributed by atoms with van der Waals surface area (Å²) >= 11 is 0. The Morgan fingerprint density at radius 3 is 2.26 bits per heavy atom. The molecule has 0 amide bonds. The van der Waals surface area contributed by atoms with Gasteiger partial charge in [-0.15, -0.1) is 0 Å². The Labute approximate surface area is 138 Å². The highest BCUT2D eigenvalue weighted by molar-refractivity contribution is 7.89. The first-order valence-corrected chi connectivity index (χ1v) is 9.57. The predicted octanol–water partition coefficient (Wildman–Crippen LogP) is 1.82. The minimum Gasteiger partial charge on any atom is -0.399 e. The van der Waals surface area contributed by atoms with Crippen LogP contribution in [0.3, 0.4) is 0 Å². The van der Waals surface area contributed by atoms with E-state index in [0.29, 0.717) is 0 Å². The second-order valence-electron chi connectivity index (χ2n) is 7.41. The lowest BCUT2D eigenvalue weighted by molar-refractivity contribution is 0.00578. The summed E-state index contributed by atoms with van der Waals surface area (Å²) < 4.78 is 39.7. The predicted molar refractivity (Wildman–Crippen MR) is 90.1 cm³/mol. The summed E-state index contributed by atoms with van der Waals surface area (Å²) in [6.45, 7) is 7.91. The highest BCUT2D eigenvalue weighted by Gasteiger charge is 2.51. The molecule has 2 fully saturated rings. The SMILES string of the molecule is CC1(C)OB(c2cccc(S(=O)(=O)NC3CCC3)c2)OC1(C)C. The van der Waals surface area contributed by atoms with Crippen molar-refractivity contribution in [3.63, 3.8) is 0 Å². The highest BCUT2D eigenvalue weighted by atomic mass is 32.2. The van der Waals surface area contributed by atoms with E-state index >= 15 is 0 Å². The van der Waals surface area contributed by atoms with E-state index in [1.165, 1.54) is 0 Å². The molecule has 0 atom stereocenters. The van der Waals surface area contributed by atoms with Crippen LogP contribution in [0, 0.1) is 0 Å². The lowest BCUT2D eigenvalue weighted by Gasteiger charge is -2.32. The normalized spacial score (nSPS) is 23.7. The quantitative estimate of drug-likeness (QED) is 0.851. The van der Waals surface area contributed by atoms with Crippen molar-refractivity contribution in [1.29, 1.82) is 0 Å². The fourth-order valence-electron chi connectivity index (χ4n) is 2.62. The summed E-state index contributed by atoms with van der Waals surface area (Å²) in [5.41, 5.74) is -0.173. The minimum atomic E-state index is -3.49. The first-order chi connectivity index (χ1) is 10.6. The molecule has 1 aromatic rings. The topological polar surface area (TPSA) is 64.6 Å². The van der Waals surface area contributed by atoms with E-state index in [1.807, 2.05) is 33.8 Å². The van der Waals surface area contributed by atoms with Crippen molar-refractivity contribution in [2.75, 3.05) is 0 Å². The molecule has 2 aliphatic rings. The van der Waals surface area contributed by atoms with E-state index in [4.69, 9.17) is 9.31 Å². The van der Waals surface area contributed by atoms with Gasteiger partial charge in [-0.3, -0.25) is 0 Å². The monoisotopic (exact) mass is 337 g/mol. The third-order valence-electron chi connectivity index (χ3n) is 5.12. The molecule has 0 radical (unpaired) electrons. The molecule has 23 heavy (non-hydrogen) atoms. The molecule has 5 nitrogen and oxygen atoms in total. The Morgan fingerprint density at radius 1 is 1.13 bits per heavy atom. The number of sulfonamides is 1. The van der Waals surface area contributed by atoms with Gasteiger partial charge in [-0.05, 0) is 58.1 Å². The Hall–Kier alpha value is -0.885. The molecule has 0 unspecified atom stereocenters. The lowest BCUT2D eigenvalue weighted by atomic mass is 9.79. The maximum absolute atomic E-state index is 12.5. The molecule has 1 saturated carbocycles. The molecule has 126 valence electrons. The maximum atomic E-state index is 12.5. The number of rotatable bonds is 4. The van der Waals surface area contributed by atoms with Crippen LogP contribution in [0.2, 0.25) is 0 Å². The molecule has 1 heterocycles. The first kappa shape index (κ1) is 17.0. The molecule has 0 aromatic heterocycles. The number of hydrogen-bond acceptors (Lipinski definition) is 4. The molecule has 1 aromatic carbocycles. The van der Waals surface area contributed by atoms with Gasteiger partial charge in [0.15, 0.2) is 0 Å². The zero-order valence-electron chi connectivity index (χ0n) is 14.1. The zero-order chi connectivity index (χ0) is 16.9. The number of hydrogen-bond donors (Lipinski definition) is 1. The van der Waals surface area contributed by atoms with Crippen molar-refractivity contribution in [2.24, 2.45) is 0 Å². The van der Waals surface area contributed by atoms with E-state index in [9.17, 15) is 8.42 Å². The van der Waals surface area contributed by atoms with Crippen molar-refractivity contribution in [3.8, 4) is 0 Å². The third-order valence-corrected chi connectivity index (χ3v) is 6.64. The van der Waals surface area contributed by atoms with Crippen molar-refractivity contribution >= 4 is 22.6 Å². The smallest absolute Gasteiger partial charge is 0.399 e. The molecule has 3 rings (SSSR count). The molecule has 1 N–H and O–H groups in total. The van der Waals surface area contributed by atoms with Gasteiger partial charge >= 0.3 is 7.12 Å². The van der Waals surface area contributed by atoms with Crippen LogP contribution in [0.1, 0.15) is 47.0 Å². The lowest BCUT2D eigenvalue weighted by Crippen LogP contribution is -2.41. The second-order valence-corrected chi connectivity index (χ2v) is 9.12. The molecule has 1 aliphatic heterocycles. The Kier molecular flexibility index (Phi) is 4.12. The van der Waals surface area contributed by atoms with Crippen molar-refractivity contribution < 1.29 is 17.7 Å². The maximum Gasteiger partial charge on any atom is 0.494 e. The molecule has 7 heteroatoms. The van der Waals surface area contributed by atoms with Gasteiger partial charge in [-0.1, -0.05) is 18.6 Å². The van der Waals surface area contributed by atoms with Gasteiger partial charge in [0.1, 0.15) is 0 Å². The largest absolute Gasteiger partial charge is 0.494 e. The van der Waals surface area contributed by atoms with E-state index in [0.717, 1.165) is 24.7 Å². The third kappa shape index (κ3) is 3.20. The Bertz CT molecular complexity index is 682. The van der Waals surface area contributed by atoms with Crippen LogP contribution in [-0.2, 0) is 19.3 Å². The van der Waals surface area contributed by atoms with Gasteiger partial charge < -0.3 is 9.31 Å². The van der Waals surface area contributed by atoms with Gasteiger partial charge in [0.25, 0.3) is 0 Å².